The molecule has 0 fully saturated rings. The van der Waals surface area contributed by atoms with Crippen molar-refractivity contribution in [2.75, 3.05) is 13.2 Å². The van der Waals surface area contributed by atoms with Crippen LogP contribution in [0, 0.1) is 18.3 Å². The summed E-state index contributed by atoms with van der Waals surface area (Å²) in [6.45, 7) is 3.12. The third-order valence-corrected chi connectivity index (χ3v) is 2.87. The van der Waals surface area contributed by atoms with E-state index in [1.54, 1.807) is 6.07 Å². The van der Waals surface area contributed by atoms with Gasteiger partial charge in [-0.1, -0.05) is 0 Å². The van der Waals surface area contributed by atoms with Gasteiger partial charge in [0.2, 0.25) is 0 Å². The first-order valence-electron chi connectivity index (χ1n) is 5.64. The minimum absolute atomic E-state index is 0.374. The van der Waals surface area contributed by atoms with Crippen LogP contribution in [-0.4, -0.2) is 23.4 Å². The molecule has 0 amide bonds. The molecule has 2 heterocycles. The second kappa shape index (κ2) is 4.08. The number of nitrogens with zero attached hydrogens (tertiary/aromatic N) is 2. The van der Waals surface area contributed by atoms with Gasteiger partial charge in [0.25, 0.3) is 0 Å². The SMILES string of the molecule is Cc1cc2c(cc1-c1cc(C#N)n[nH]1)OCCO2. The number of aromatic amines is 1. The third-order valence-electron chi connectivity index (χ3n) is 2.87. The van der Waals surface area contributed by atoms with Gasteiger partial charge in [-0.05, 0) is 24.6 Å². The predicted octanol–water partition coefficient (Wildman–Crippen LogP) is 2.03. The minimum Gasteiger partial charge on any atom is -0.486 e. The molecule has 0 unspecified atom stereocenters. The molecular weight excluding hydrogens is 230 g/mol. The van der Waals surface area contributed by atoms with Gasteiger partial charge in [-0.25, -0.2) is 0 Å². The number of nitriles is 1. The quantitative estimate of drug-likeness (QED) is 0.829. The number of aryl methyl sites for hydroxylation is 1. The molecule has 0 atom stereocenters. The first-order valence-corrected chi connectivity index (χ1v) is 5.64. The van der Waals surface area contributed by atoms with Gasteiger partial charge in [0.05, 0.1) is 5.69 Å². The Morgan fingerprint density at radius 3 is 2.61 bits per heavy atom. The van der Waals surface area contributed by atoms with E-state index in [0.717, 1.165) is 28.3 Å². The Bertz CT molecular complexity index is 640. The van der Waals surface area contributed by atoms with Gasteiger partial charge in [-0.2, -0.15) is 10.4 Å². The normalized spacial score (nSPS) is 13.1. The van der Waals surface area contributed by atoms with Crippen molar-refractivity contribution in [3.8, 4) is 28.8 Å². The largest absolute Gasteiger partial charge is 0.486 e. The summed E-state index contributed by atoms with van der Waals surface area (Å²) in [4.78, 5) is 0. The molecule has 2 aromatic rings. The molecule has 18 heavy (non-hydrogen) atoms. The molecular formula is C13H11N3O2. The average molecular weight is 241 g/mol. The first-order chi connectivity index (χ1) is 8.78. The first kappa shape index (κ1) is 10.7. The van der Waals surface area contributed by atoms with Crippen LogP contribution in [0.5, 0.6) is 11.5 Å². The monoisotopic (exact) mass is 241 g/mol. The van der Waals surface area contributed by atoms with E-state index in [1.165, 1.54) is 0 Å². The van der Waals surface area contributed by atoms with Crippen LogP contribution in [0.3, 0.4) is 0 Å². The Balaban J connectivity index is 2.09. The number of hydrogen-bond donors (Lipinski definition) is 1. The molecule has 1 aromatic heterocycles. The zero-order chi connectivity index (χ0) is 12.5. The highest BCUT2D eigenvalue weighted by atomic mass is 16.6. The van der Waals surface area contributed by atoms with E-state index in [2.05, 4.69) is 10.2 Å². The summed E-state index contributed by atoms with van der Waals surface area (Å²) < 4.78 is 11.1. The Morgan fingerprint density at radius 2 is 1.94 bits per heavy atom. The van der Waals surface area contributed by atoms with E-state index in [9.17, 15) is 0 Å². The Morgan fingerprint density at radius 1 is 1.22 bits per heavy atom. The maximum atomic E-state index is 8.78. The van der Waals surface area contributed by atoms with E-state index >= 15 is 0 Å². The summed E-state index contributed by atoms with van der Waals surface area (Å²) >= 11 is 0. The van der Waals surface area contributed by atoms with E-state index in [1.807, 2.05) is 25.1 Å². The molecule has 0 bridgehead atoms. The lowest BCUT2D eigenvalue weighted by Crippen LogP contribution is -2.15. The molecule has 1 aliphatic heterocycles. The van der Waals surface area contributed by atoms with Crippen molar-refractivity contribution in [1.82, 2.24) is 10.2 Å². The number of hydrogen-bond acceptors (Lipinski definition) is 4. The fourth-order valence-electron chi connectivity index (χ4n) is 2.00. The fourth-order valence-corrected chi connectivity index (χ4v) is 2.00. The van der Waals surface area contributed by atoms with E-state index in [-0.39, 0.29) is 0 Å². The maximum Gasteiger partial charge on any atom is 0.162 e. The van der Waals surface area contributed by atoms with Crippen LogP contribution in [0.4, 0.5) is 0 Å². The van der Waals surface area contributed by atoms with Crippen molar-refractivity contribution in [2.45, 2.75) is 6.92 Å². The minimum atomic E-state index is 0.374. The van der Waals surface area contributed by atoms with Crippen molar-refractivity contribution < 1.29 is 9.47 Å². The van der Waals surface area contributed by atoms with Crippen LogP contribution in [0.2, 0.25) is 0 Å². The number of nitrogens with one attached hydrogen (secondary N) is 1. The second-order valence-electron chi connectivity index (χ2n) is 4.09. The molecule has 0 spiro atoms. The smallest absolute Gasteiger partial charge is 0.162 e. The van der Waals surface area contributed by atoms with Gasteiger partial charge in [-0.15, -0.1) is 0 Å². The molecule has 0 saturated carbocycles. The summed E-state index contributed by atoms with van der Waals surface area (Å²) in [6, 6.07) is 7.58. The van der Waals surface area contributed by atoms with Gasteiger partial charge in [0.1, 0.15) is 19.3 Å². The molecule has 0 saturated heterocycles. The van der Waals surface area contributed by atoms with Gasteiger partial charge in [0.15, 0.2) is 17.2 Å². The molecule has 90 valence electrons. The lowest BCUT2D eigenvalue weighted by molar-refractivity contribution is 0.171. The van der Waals surface area contributed by atoms with E-state index in [4.69, 9.17) is 14.7 Å². The van der Waals surface area contributed by atoms with E-state index < -0.39 is 0 Å². The van der Waals surface area contributed by atoms with Gasteiger partial charge in [0, 0.05) is 11.6 Å². The molecule has 0 aliphatic carbocycles. The molecule has 1 N–H and O–H groups in total. The standard InChI is InChI=1S/C13H11N3O2/c1-8-4-12-13(18-3-2-17-12)6-10(8)11-5-9(7-14)15-16-11/h4-6H,2-3H2,1H3,(H,15,16). The summed E-state index contributed by atoms with van der Waals surface area (Å²) in [6.07, 6.45) is 0. The highest BCUT2D eigenvalue weighted by molar-refractivity contribution is 5.69. The van der Waals surface area contributed by atoms with Gasteiger partial charge >= 0.3 is 0 Å². The molecule has 5 heteroatoms. The molecule has 0 radical (unpaired) electrons. The zero-order valence-electron chi connectivity index (χ0n) is 9.86. The van der Waals surface area contributed by atoms with Crippen LogP contribution in [-0.2, 0) is 0 Å². The third kappa shape index (κ3) is 1.68. The highest BCUT2D eigenvalue weighted by Crippen LogP contribution is 2.36. The fraction of sp³-hybridized carbons (Fsp3) is 0.231. The lowest BCUT2D eigenvalue weighted by Gasteiger charge is -2.20. The van der Waals surface area contributed by atoms with Crippen molar-refractivity contribution in [1.29, 1.82) is 5.26 Å². The number of rotatable bonds is 1. The molecule has 3 rings (SSSR count). The number of ether oxygens (including phenoxy) is 2. The number of fused-ring (bicyclic) bond motifs is 1. The predicted molar refractivity (Wildman–Crippen MR) is 64.5 cm³/mol. The number of H-pyrrole nitrogens is 1. The Kier molecular flexibility index (Phi) is 2.41. The lowest BCUT2D eigenvalue weighted by atomic mass is 10.0. The van der Waals surface area contributed by atoms with Gasteiger partial charge < -0.3 is 9.47 Å². The summed E-state index contributed by atoms with van der Waals surface area (Å²) in [5.41, 5.74) is 3.20. The number of benzene rings is 1. The van der Waals surface area contributed by atoms with Crippen LogP contribution in [0.15, 0.2) is 18.2 Å². The second-order valence-corrected chi connectivity index (χ2v) is 4.09. The van der Waals surface area contributed by atoms with Crippen molar-refractivity contribution >= 4 is 0 Å². The van der Waals surface area contributed by atoms with Crippen LogP contribution in [0.25, 0.3) is 11.3 Å². The highest BCUT2D eigenvalue weighted by Gasteiger charge is 2.16. The van der Waals surface area contributed by atoms with Crippen molar-refractivity contribution in [2.24, 2.45) is 0 Å². The topological polar surface area (TPSA) is 70.9 Å². The molecule has 1 aliphatic rings. The van der Waals surface area contributed by atoms with Gasteiger partial charge in [-0.3, -0.25) is 5.10 Å². The zero-order valence-corrected chi connectivity index (χ0v) is 9.86. The molecule has 5 nitrogen and oxygen atoms in total. The Labute approximate surface area is 104 Å². The Hall–Kier alpha value is -2.48. The summed E-state index contributed by atoms with van der Waals surface area (Å²) in [5, 5.41) is 15.5. The van der Waals surface area contributed by atoms with Crippen LogP contribution >= 0.6 is 0 Å². The van der Waals surface area contributed by atoms with E-state index in [0.29, 0.717) is 18.9 Å². The van der Waals surface area contributed by atoms with Crippen LogP contribution < -0.4 is 9.47 Å². The summed E-state index contributed by atoms with van der Waals surface area (Å²) in [7, 11) is 0. The molecule has 1 aromatic carbocycles. The van der Waals surface area contributed by atoms with Crippen molar-refractivity contribution in [3.63, 3.8) is 0 Å². The maximum absolute atomic E-state index is 8.78. The summed E-state index contributed by atoms with van der Waals surface area (Å²) in [5.74, 6) is 1.50. The average Bonchev–Trinajstić information content (AvgIpc) is 2.86. The number of aromatic nitrogens is 2. The van der Waals surface area contributed by atoms with Crippen molar-refractivity contribution in [3.05, 3.63) is 29.5 Å². The van der Waals surface area contributed by atoms with Crippen LogP contribution in [0.1, 0.15) is 11.3 Å².